The molecule has 0 aliphatic carbocycles. The molecule has 1 aliphatic heterocycles. The van der Waals surface area contributed by atoms with Gasteiger partial charge in [0, 0.05) is 36.1 Å². The van der Waals surface area contributed by atoms with Gasteiger partial charge in [-0.3, -0.25) is 0 Å². The summed E-state index contributed by atoms with van der Waals surface area (Å²) in [6.45, 7) is 2.22. The fourth-order valence-corrected chi connectivity index (χ4v) is 3.26. The Balaban J connectivity index is 1.86. The van der Waals surface area contributed by atoms with Crippen LogP contribution in [0.25, 0.3) is 10.9 Å². The first-order valence-corrected chi connectivity index (χ1v) is 7.25. The molecule has 1 atom stereocenters. The second-order valence-corrected chi connectivity index (χ2v) is 5.60. The Kier molecular flexibility index (Phi) is 2.82. The first-order valence-electron chi connectivity index (χ1n) is 7.25. The van der Waals surface area contributed by atoms with Gasteiger partial charge in [-0.25, -0.2) is 0 Å². The van der Waals surface area contributed by atoms with Crippen LogP contribution < -0.4 is 5.32 Å². The molecule has 2 heteroatoms. The zero-order chi connectivity index (χ0) is 13.4. The zero-order valence-electron chi connectivity index (χ0n) is 11.3. The topological polar surface area (TPSA) is 27.8 Å². The minimum Gasteiger partial charge on any atom is -0.361 e. The van der Waals surface area contributed by atoms with Gasteiger partial charge in [-0.1, -0.05) is 48.5 Å². The van der Waals surface area contributed by atoms with Gasteiger partial charge in [-0.15, -0.1) is 0 Å². The molecular weight excluding hydrogens is 244 g/mol. The Bertz CT molecular complexity index is 710. The zero-order valence-corrected chi connectivity index (χ0v) is 11.3. The van der Waals surface area contributed by atoms with E-state index < -0.39 is 0 Å². The first-order chi connectivity index (χ1) is 9.93. The van der Waals surface area contributed by atoms with E-state index >= 15 is 0 Å². The van der Waals surface area contributed by atoms with E-state index in [1.54, 1.807) is 0 Å². The summed E-state index contributed by atoms with van der Waals surface area (Å²) in [5.74, 6) is 1.17. The second-order valence-electron chi connectivity index (χ2n) is 5.60. The van der Waals surface area contributed by atoms with Gasteiger partial charge in [-0.05, 0) is 23.1 Å². The smallest absolute Gasteiger partial charge is 0.0457 e. The van der Waals surface area contributed by atoms with E-state index in [-0.39, 0.29) is 0 Å². The van der Waals surface area contributed by atoms with Gasteiger partial charge in [0.2, 0.25) is 0 Å². The van der Waals surface area contributed by atoms with E-state index in [1.807, 2.05) is 0 Å². The van der Waals surface area contributed by atoms with Crippen molar-refractivity contribution in [2.45, 2.75) is 5.92 Å². The predicted molar refractivity (Wildman–Crippen MR) is 82.9 cm³/mol. The van der Waals surface area contributed by atoms with Crippen molar-refractivity contribution in [1.29, 1.82) is 0 Å². The number of benzene rings is 2. The van der Waals surface area contributed by atoms with Crippen molar-refractivity contribution in [1.82, 2.24) is 10.3 Å². The fraction of sp³-hybridized carbons (Fsp3) is 0.222. The number of nitrogens with one attached hydrogen (secondary N) is 2. The monoisotopic (exact) mass is 262 g/mol. The molecule has 0 saturated carbocycles. The third-order valence-corrected chi connectivity index (χ3v) is 4.40. The summed E-state index contributed by atoms with van der Waals surface area (Å²) in [4.78, 5) is 3.42. The Morgan fingerprint density at radius 2 is 1.65 bits per heavy atom. The number of rotatable bonds is 3. The largest absolute Gasteiger partial charge is 0.361 e. The molecule has 0 spiro atoms. The van der Waals surface area contributed by atoms with Crippen LogP contribution in [0.3, 0.4) is 0 Å². The van der Waals surface area contributed by atoms with E-state index in [0.717, 1.165) is 13.1 Å². The van der Waals surface area contributed by atoms with Crippen molar-refractivity contribution in [3.8, 4) is 0 Å². The summed E-state index contributed by atoms with van der Waals surface area (Å²) >= 11 is 0. The maximum Gasteiger partial charge on any atom is 0.0457 e. The van der Waals surface area contributed by atoms with E-state index in [9.17, 15) is 0 Å². The molecule has 1 fully saturated rings. The average Bonchev–Trinajstić information content (AvgIpc) is 2.87. The van der Waals surface area contributed by atoms with Crippen molar-refractivity contribution < 1.29 is 0 Å². The number of para-hydroxylation sites is 1. The van der Waals surface area contributed by atoms with Crippen molar-refractivity contribution in [2.75, 3.05) is 13.1 Å². The van der Waals surface area contributed by atoms with Crippen LogP contribution in [0.5, 0.6) is 0 Å². The summed E-state index contributed by atoms with van der Waals surface area (Å²) in [7, 11) is 0. The standard InChI is InChI=1S/C18H18N2/c1-2-6-13(7-3-1)18(14-10-19-11-14)16-12-20-17-9-5-4-8-15(16)17/h1-9,12,14,18-20H,10-11H2/t18-/m1/s1. The lowest BCUT2D eigenvalue weighted by atomic mass is 9.78. The van der Waals surface area contributed by atoms with Crippen molar-refractivity contribution in [3.05, 3.63) is 71.9 Å². The molecule has 0 unspecified atom stereocenters. The molecule has 4 rings (SSSR count). The number of aromatic amines is 1. The molecule has 0 amide bonds. The lowest BCUT2D eigenvalue weighted by Crippen LogP contribution is -2.45. The molecule has 1 aromatic heterocycles. The lowest BCUT2D eigenvalue weighted by molar-refractivity contribution is 0.316. The Morgan fingerprint density at radius 1 is 0.900 bits per heavy atom. The minimum absolute atomic E-state index is 0.480. The van der Waals surface area contributed by atoms with Gasteiger partial charge in [0.15, 0.2) is 0 Å². The normalized spacial score (nSPS) is 17.0. The third kappa shape index (κ3) is 1.84. The molecule has 1 saturated heterocycles. The summed E-state index contributed by atoms with van der Waals surface area (Å²) in [6, 6.07) is 19.5. The first kappa shape index (κ1) is 11.7. The van der Waals surface area contributed by atoms with Gasteiger partial charge in [0.05, 0.1) is 0 Å². The van der Waals surface area contributed by atoms with Crippen molar-refractivity contribution in [3.63, 3.8) is 0 Å². The van der Waals surface area contributed by atoms with Crippen molar-refractivity contribution >= 4 is 10.9 Å². The number of hydrogen-bond donors (Lipinski definition) is 2. The van der Waals surface area contributed by atoms with E-state index in [2.05, 4.69) is 71.1 Å². The van der Waals surface area contributed by atoms with E-state index in [1.165, 1.54) is 22.0 Å². The van der Waals surface area contributed by atoms with Crippen LogP contribution in [0, 0.1) is 5.92 Å². The van der Waals surface area contributed by atoms with Crippen LogP contribution in [-0.4, -0.2) is 18.1 Å². The average molecular weight is 262 g/mol. The molecule has 2 heterocycles. The fourth-order valence-electron chi connectivity index (χ4n) is 3.26. The van der Waals surface area contributed by atoms with Gasteiger partial charge in [0.1, 0.15) is 0 Å². The van der Waals surface area contributed by atoms with Crippen LogP contribution in [0.2, 0.25) is 0 Å². The van der Waals surface area contributed by atoms with Gasteiger partial charge in [0.25, 0.3) is 0 Å². The maximum atomic E-state index is 3.42. The summed E-state index contributed by atoms with van der Waals surface area (Å²) < 4.78 is 0. The van der Waals surface area contributed by atoms with E-state index in [0.29, 0.717) is 11.8 Å². The predicted octanol–water partition coefficient (Wildman–Crippen LogP) is 3.52. The molecule has 2 N–H and O–H groups in total. The van der Waals surface area contributed by atoms with Crippen LogP contribution in [0.1, 0.15) is 17.0 Å². The molecular formula is C18H18N2. The molecule has 20 heavy (non-hydrogen) atoms. The lowest BCUT2D eigenvalue weighted by Gasteiger charge is -2.35. The highest BCUT2D eigenvalue weighted by molar-refractivity contribution is 5.84. The maximum absolute atomic E-state index is 3.42. The van der Waals surface area contributed by atoms with Gasteiger partial charge < -0.3 is 10.3 Å². The highest BCUT2D eigenvalue weighted by Crippen LogP contribution is 2.37. The highest BCUT2D eigenvalue weighted by Gasteiger charge is 2.30. The van der Waals surface area contributed by atoms with Gasteiger partial charge in [-0.2, -0.15) is 0 Å². The van der Waals surface area contributed by atoms with Crippen LogP contribution in [-0.2, 0) is 0 Å². The molecule has 0 bridgehead atoms. The van der Waals surface area contributed by atoms with Crippen LogP contribution in [0.4, 0.5) is 0 Å². The van der Waals surface area contributed by atoms with Crippen LogP contribution >= 0.6 is 0 Å². The molecule has 2 nitrogen and oxygen atoms in total. The third-order valence-electron chi connectivity index (χ3n) is 4.40. The Morgan fingerprint density at radius 3 is 2.40 bits per heavy atom. The van der Waals surface area contributed by atoms with Crippen LogP contribution in [0.15, 0.2) is 60.8 Å². The molecule has 3 aromatic rings. The molecule has 2 aromatic carbocycles. The Hall–Kier alpha value is -2.06. The quantitative estimate of drug-likeness (QED) is 0.742. The molecule has 1 aliphatic rings. The number of aromatic nitrogens is 1. The Labute approximate surface area is 118 Å². The highest BCUT2D eigenvalue weighted by atomic mass is 15.0. The van der Waals surface area contributed by atoms with Gasteiger partial charge >= 0.3 is 0 Å². The summed E-state index contributed by atoms with van der Waals surface area (Å²) in [6.07, 6.45) is 2.20. The van der Waals surface area contributed by atoms with Crippen molar-refractivity contribution in [2.24, 2.45) is 5.92 Å². The summed E-state index contributed by atoms with van der Waals surface area (Å²) in [5.41, 5.74) is 4.08. The number of H-pyrrole nitrogens is 1. The number of hydrogen-bond acceptors (Lipinski definition) is 1. The number of fused-ring (bicyclic) bond motifs is 1. The second kappa shape index (κ2) is 4.80. The SMILES string of the molecule is c1ccc([C@@H](c2c[nH]c3ccccc23)C2CNC2)cc1. The minimum atomic E-state index is 0.480. The summed E-state index contributed by atoms with van der Waals surface area (Å²) in [5, 5.41) is 4.77. The molecule has 100 valence electrons. The van der Waals surface area contributed by atoms with E-state index in [4.69, 9.17) is 0 Å². The molecule has 0 radical (unpaired) electrons.